The van der Waals surface area contributed by atoms with Crippen LogP contribution in [0, 0.1) is 10.5 Å². The van der Waals surface area contributed by atoms with Crippen molar-refractivity contribution in [2.24, 2.45) is 0 Å². The Bertz CT molecular complexity index is 681. The molecule has 116 valence electrons. The van der Waals surface area contributed by atoms with Gasteiger partial charge >= 0.3 is 0 Å². The lowest BCUT2D eigenvalue weighted by molar-refractivity contribution is -0.121. The number of piperidine rings is 1. The fourth-order valence-electron chi connectivity index (χ4n) is 2.97. The molecule has 0 atom stereocenters. The lowest BCUT2D eigenvalue weighted by Gasteiger charge is -2.29. The van der Waals surface area contributed by atoms with Crippen molar-refractivity contribution in [1.82, 2.24) is 4.90 Å². The molecule has 1 saturated heterocycles. The van der Waals surface area contributed by atoms with Gasteiger partial charge in [-0.3, -0.25) is 9.59 Å². The van der Waals surface area contributed by atoms with Crippen molar-refractivity contribution in [3.8, 4) is 0 Å². The molecule has 6 heteroatoms. The standard InChI is InChI=1S/C16H16ClIN2O2/c1-10-9-11(18)5-6-12(10)20-15(21)13(17)14(16(20)22)19-7-3-2-4-8-19/h5-6,9H,2-4,7-8H2,1H3. The molecule has 1 aromatic carbocycles. The van der Waals surface area contributed by atoms with E-state index in [9.17, 15) is 9.59 Å². The lowest BCUT2D eigenvalue weighted by atomic mass is 10.1. The highest BCUT2D eigenvalue weighted by atomic mass is 127. The first kappa shape index (κ1) is 15.8. The van der Waals surface area contributed by atoms with Crippen LogP contribution in [0.15, 0.2) is 28.9 Å². The second-order valence-electron chi connectivity index (χ2n) is 5.59. The van der Waals surface area contributed by atoms with Crippen LogP contribution in [0.4, 0.5) is 5.69 Å². The Labute approximate surface area is 148 Å². The van der Waals surface area contributed by atoms with E-state index in [2.05, 4.69) is 22.6 Å². The molecular formula is C16H16ClIN2O2. The van der Waals surface area contributed by atoms with Gasteiger partial charge in [0.25, 0.3) is 11.8 Å². The molecule has 0 aromatic heterocycles. The normalized spacial score (nSPS) is 19.4. The number of anilines is 1. The Morgan fingerprint density at radius 2 is 1.77 bits per heavy atom. The summed E-state index contributed by atoms with van der Waals surface area (Å²) in [6, 6.07) is 5.63. The number of amides is 2. The minimum Gasteiger partial charge on any atom is -0.366 e. The Balaban J connectivity index is 1.96. The number of carbonyl (C=O) groups is 2. The molecule has 0 N–H and O–H groups in total. The van der Waals surface area contributed by atoms with Crippen LogP contribution in [0.5, 0.6) is 0 Å². The fraction of sp³-hybridized carbons (Fsp3) is 0.375. The number of likely N-dealkylation sites (tertiary alicyclic amines) is 1. The minimum absolute atomic E-state index is 0.0462. The number of imide groups is 1. The average molecular weight is 431 g/mol. The van der Waals surface area contributed by atoms with Gasteiger partial charge in [-0.15, -0.1) is 0 Å². The van der Waals surface area contributed by atoms with Crippen molar-refractivity contribution in [2.75, 3.05) is 18.0 Å². The predicted molar refractivity (Wildman–Crippen MR) is 94.7 cm³/mol. The Morgan fingerprint density at radius 3 is 2.41 bits per heavy atom. The molecule has 1 fully saturated rings. The van der Waals surface area contributed by atoms with Crippen LogP contribution in [0.1, 0.15) is 24.8 Å². The molecule has 0 saturated carbocycles. The number of carbonyl (C=O) groups excluding carboxylic acids is 2. The van der Waals surface area contributed by atoms with Crippen molar-refractivity contribution in [1.29, 1.82) is 0 Å². The van der Waals surface area contributed by atoms with Crippen molar-refractivity contribution in [2.45, 2.75) is 26.2 Å². The first-order valence-electron chi connectivity index (χ1n) is 7.30. The number of benzene rings is 1. The molecule has 2 aliphatic rings. The lowest BCUT2D eigenvalue weighted by Crippen LogP contribution is -2.37. The van der Waals surface area contributed by atoms with E-state index >= 15 is 0 Å². The van der Waals surface area contributed by atoms with Crippen molar-refractivity contribution >= 4 is 51.7 Å². The number of halogens is 2. The van der Waals surface area contributed by atoms with Gasteiger partial charge in [-0.25, -0.2) is 4.90 Å². The highest BCUT2D eigenvalue weighted by molar-refractivity contribution is 14.1. The molecule has 2 heterocycles. The maximum absolute atomic E-state index is 12.8. The van der Waals surface area contributed by atoms with Gasteiger partial charge in [0.1, 0.15) is 10.7 Å². The van der Waals surface area contributed by atoms with Gasteiger partial charge in [-0.1, -0.05) is 11.6 Å². The summed E-state index contributed by atoms with van der Waals surface area (Å²) in [6.07, 6.45) is 3.21. The summed E-state index contributed by atoms with van der Waals surface area (Å²) in [5.74, 6) is -0.724. The summed E-state index contributed by atoms with van der Waals surface area (Å²) in [5.41, 5.74) is 1.86. The van der Waals surface area contributed by atoms with Crippen molar-refractivity contribution < 1.29 is 9.59 Å². The maximum atomic E-state index is 12.8. The smallest absolute Gasteiger partial charge is 0.283 e. The first-order valence-corrected chi connectivity index (χ1v) is 8.76. The third-order valence-electron chi connectivity index (χ3n) is 4.08. The molecule has 2 aliphatic heterocycles. The summed E-state index contributed by atoms with van der Waals surface area (Å²) >= 11 is 8.42. The first-order chi connectivity index (χ1) is 10.5. The van der Waals surface area contributed by atoms with Gasteiger partial charge in [-0.05, 0) is 72.5 Å². The number of aryl methyl sites for hydroxylation is 1. The van der Waals surface area contributed by atoms with Crippen LogP contribution >= 0.6 is 34.2 Å². The molecule has 4 nitrogen and oxygen atoms in total. The van der Waals surface area contributed by atoms with E-state index in [0.29, 0.717) is 11.4 Å². The quantitative estimate of drug-likeness (QED) is 0.533. The van der Waals surface area contributed by atoms with E-state index in [1.165, 1.54) is 4.90 Å². The summed E-state index contributed by atoms with van der Waals surface area (Å²) in [6.45, 7) is 3.46. The zero-order valence-electron chi connectivity index (χ0n) is 12.2. The van der Waals surface area contributed by atoms with E-state index < -0.39 is 5.91 Å². The summed E-state index contributed by atoms with van der Waals surface area (Å²) in [5, 5.41) is 0.0462. The van der Waals surface area contributed by atoms with Gasteiger partial charge in [-0.2, -0.15) is 0 Å². The average Bonchev–Trinajstić information content (AvgIpc) is 2.71. The highest BCUT2D eigenvalue weighted by Crippen LogP contribution is 2.34. The SMILES string of the molecule is Cc1cc(I)ccc1N1C(=O)C(Cl)=C(N2CCCCC2)C1=O. The molecule has 1 aromatic rings. The van der Waals surface area contributed by atoms with Gasteiger partial charge < -0.3 is 4.90 Å². The summed E-state index contributed by atoms with van der Waals surface area (Å²) < 4.78 is 1.06. The van der Waals surface area contributed by atoms with E-state index in [-0.39, 0.29) is 10.9 Å². The number of nitrogens with zero attached hydrogens (tertiary/aromatic N) is 2. The van der Waals surface area contributed by atoms with Gasteiger partial charge in [0.2, 0.25) is 0 Å². The molecule has 3 rings (SSSR count). The van der Waals surface area contributed by atoms with E-state index in [4.69, 9.17) is 11.6 Å². The number of hydrogen-bond donors (Lipinski definition) is 0. The largest absolute Gasteiger partial charge is 0.366 e. The van der Waals surface area contributed by atoms with Gasteiger partial charge in [0, 0.05) is 16.7 Å². The second kappa shape index (κ2) is 6.20. The fourth-order valence-corrected chi connectivity index (χ4v) is 3.90. The topological polar surface area (TPSA) is 40.6 Å². The molecular weight excluding hydrogens is 415 g/mol. The Hall–Kier alpha value is -1.08. The van der Waals surface area contributed by atoms with Crippen LogP contribution in [-0.2, 0) is 9.59 Å². The monoisotopic (exact) mass is 430 g/mol. The predicted octanol–water partition coefficient (Wildman–Crippen LogP) is 3.41. The third-order valence-corrected chi connectivity index (χ3v) is 5.09. The third kappa shape index (κ3) is 2.65. The second-order valence-corrected chi connectivity index (χ2v) is 7.21. The van der Waals surface area contributed by atoms with Crippen LogP contribution in [-0.4, -0.2) is 29.8 Å². The molecule has 0 bridgehead atoms. The van der Waals surface area contributed by atoms with Crippen molar-refractivity contribution in [3.05, 3.63) is 38.1 Å². The van der Waals surface area contributed by atoms with Crippen molar-refractivity contribution in [3.63, 3.8) is 0 Å². The summed E-state index contributed by atoms with van der Waals surface area (Å²) in [4.78, 5) is 28.4. The molecule has 0 radical (unpaired) electrons. The van der Waals surface area contributed by atoms with Gasteiger partial charge in [0.05, 0.1) is 5.69 Å². The van der Waals surface area contributed by atoms with Crippen LogP contribution in [0.2, 0.25) is 0 Å². The maximum Gasteiger partial charge on any atom is 0.283 e. The van der Waals surface area contributed by atoms with Gasteiger partial charge in [0.15, 0.2) is 0 Å². The molecule has 0 spiro atoms. The molecule has 0 aliphatic carbocycles. The van der Waals surface area contributed by atoms with Crippen LogP contribution in [0.25, 0.3) is 0 Å². The van der Waals surface area contributed by atoms with Crippen LogP contribution in [0.3, 0.4) is 0 Å². The van der Waals surface area contributed by atoms with E-state index in [1.807, 2.05) is 24.0 Å². The zero-order valence-corrected chi connectivity index (χ0v) is 15.1. The zero-order chi connectivity index (χ0) is 15.9. The van der Waals surface area contributed by atoms with E-state index in [0.717, 1.165) is 41.5 Å². The number of rotatable bonds is 2. The van der Waals surface area contributed by atoms with Crippen LogP contribution < -0.4 is 4.90 Å². The Morgan fingerprint density at radius 1 is 1.09 bits per heavy atom. The summed E-state index contributed by atoms with van der Waals surface area (Å²) in [7, 11) is 0. The highest BCUT2D eigenvalue weighted by Gasteiger charge is 2.41. The molecule has 22 heavy (non-hydrogen) atoms. The number of hydrogen-bond acceptors (Lipinski definition) is 3. The minimum atomic E-state index is -0.420. The Kier molecular flexibility index (Phi) is 4.45. The molecule has 2 amide bonds. The molecule has 0 unspecified atom stereocenters. The van der Waals surface area contributed by atoms with E-state index in [1.54, 1.807) is 6.07 Å².